The fourth-order valence-electron chi connectivity index (χ4n) is 1.27. The minimum atomic E-state index is -1.59. The molecule has 0 aliphatic heterocycles. The Morgan fingerprint density at radius 2 is 2.07 bits per heavy atom. The van der Waals surface area contributed by atoms with Gasteiger partial charge in [0.15, 0.2) is 5.58 Å². The Hall–Kier alpha value is -1.07. The van der Waals surface area contributed by atoms with Crippen LogP contribution in [0.25, 0.3) is 10.3 Å². The summed E-state index contributed by atoms with van der Waals surface area (Å²) < 4.78 is 11.7. The second kappa shape index (κ2) is 3.50. The summed E-state index contributed by atoms with van der Waals surface area (Å²) in [6.45, 7) is 6.34. The van der Waals surface area contributed by atoms with Crippen LogP contribution in [0.3, 0.4) is 0 Å². The molecule has 0 saturated carbocycles. The molecule has 2 aromatic rings. The van der Waals surface area contributed by atoms with Crippen LogP contribution in [-0.4, -0.2) is 8.32 Å². The third-order valence-corrected chi connectivity index (χ3v) is 3.38. The Balaban J connectivity index is 2.42. The van der Waals surface area contributed by atoms with Gasteiger partial charge in [-0.25, -0.2) is 4.79 Å². The van der Waals surface area contributed by atoms with Gasteiger partial charge in [-0.1, -0.05) is 11.3 Å². The van der Waals surface area contributed by atoms with Gasteiger partial charge in [-0.2, -0.15) is 0 Å². The molecule has 2 rings (SSSR count). The number of rotatable bonds is 2. The molecule has 0 unspecified atom stereocenters. The molecular weight excluding hydrogens is 228 g/mol. The van der Waals surface area contributed by atoms with Crippen molar-refractivity contribution in [1.29, 1.82) is 0 Å². The van der Waals surface area contributed by atoms with E-state index in [1.807, 2.05) is 12.1 Å². The molecule has 0 atom stereocenters. The standard InChI is InChI=1S/C10H12O3SSi/c1-15(2,3)13-7-4-5-9-8(6-7)12-10(11)14-9/h4-6H,1-3H3. The molecule has 0 bridgehead atoms. The van der Waals surface area contributed by atoms with Crippen LogP contribution in [0.4, 0.5) is 0 Å². The molecule has 0 amide bonds. The van der Waals surface area contributed by atoms with E-state index < -0.39 is 8.32 Å². The van der Waals surface area contributed by atoms with Crippen LogP contribution < -0.4 is 9.37 Å². The number of hydrogen-bond acceptors (Lipinski definition) is 4. The van der Waals surface area contributed by atoms with E-state index in [1.165, 1.54) is 0 Å². The summed E-state index contributed by atoms with van der Waals surface area (Å²) in [7, 11) is -1.59. The van der Waals surface area contributed by atoms with Gasteiger partial charge in [-0.05, 0) is 31.8 Å². The summed E-state index contributed by atoms with van der Waals surface area (Å²) in [5.41, 5.74) is 0.612. The lowest BCUT2D eigenvalue weighted by molar-refractivity contribution is 0.550. The van der Waals surface area contributed by atoms with E-state index >= 15 is 0 Å². The van der Waals surface area contributed by atoms with Gasteiger partial charge in [0.1, 0.15) is 5.75 Å². The lowest BCUT2D eigenvalue weighted by Crippen LogP contribution is -2.29. The maximum atomic E-state index is 11.0. The first-order valence-electron chi connectivity index (χ1n) is 4.67. The number of fused-ring (bicyclic) bond motifs is 1. The van der Waals surface area contributed by atoms with E-state index in [2.05, 4.69) is 19.6 Å². The van der Waals surface area contributed by atoms with Gasteiger partial charge in [0, 0.05) is 6.07 Å². The van der Waals surface area contributed by atoms with E-state index in [-0.39, 0.29) is 4.94 Å². The fourth-order valence-corrected chi connectivity index (χ4v) is 2.75. The lowest BCUT2D eigenvalue weighted by Gasteiger charge is -2.18. The van der Waals surface area contributed by atoms with E-state index in [9.17, 15) is 4.79 Å². The van der Waals surface area contributed by atoms with Crippen LogP contribution in [0.15, 0.2) is 27.4 Å². The first-order chi connectivity index (χ1) is 6.94. The molecule has 1 aromatic carbocycles. The highest BCUT2D eigenvalue weighted by Crippen LogP contribution is 2.24. The minimum absolute atomic E-state index is 0.268. The Morgan fingerprint density at radius 3 is 2.73 bits per heavy atom. The molecule has 5 heteroatoms. The quantitative estimate of drug-likeness (QED) is 0.757. The van der Waals surface area contributed by atoms with Crippen LogP contribution in [0, 0.1) is 0 Å². The molecule has 15 heavy (non-hydrogen) atoms. The first kappa shape index (κ1) is 10.4. The summed E-state index contributed by atoms with van der Waals surface area (Å²) in [5, 5.41) is 0. The Bertz CT molecular complexity index is 535. The smallest absolute Gasteiger partial charge is 0.396 e. The predicted octanol–water partition coefficient (Wildman–Crippen LogP) is 3.07. The van der Waals surface area contributed by atoms with Crippen molar-refractivity contribution >= 4 is 29.9 Å². The van der Waals surface area contributed by atoms with Gasteiger partial charge >= 0.3 is 4.94 Å². The van der Waals surface area contributed by atoms with Crippen molar-refractivity contribution < 1.29 is 8.84 Å². The van der Waals surface area contributed by atoms with Crippen molar-refractivity contribution in [2.24, 2.45) is 0 Å². The monoisotopic (exact) mass is 240 g/mol. The second-order valence-corrected chi connectivity index (χ2v) is 9.68. The second-order valence-electron chi connectivity index (χ2n) is 4.28. The third-order valence-electron chi connectivity index (χ3n) is 1.73. The minimum Gasteiger partial charge on any atom is -0.544 e. The molecular formula is C10H12O3SSi. The summed E-state index contributed by atoms with van der Waals surface area (Å²) in [5.74, 6) is 0.781. The van der Waals surface area contributed by atoms with Crippen LogP contribution in [0.1, 0.15) is 0 Å². The van der Waals surface area contributed by atoms with Crippen LogP contribution in [0.5, 0.6) is 5.75 Å². The zero-order valence-corrected chi connectivity index (χ0v) is 10.7. The number of hydrogen-bond donors (Lipinski definition) is 0. The van der Waals surface area contributed by atoms with Gasteiger partial charge in [0.25, 0.3) is 0 Å². The molecule has 0 radical (unpaired) electrons. The largest absolute Gasteiger partial charge is 0.544 e. The van der Waals surface area contributed by atoms with E-state index in [4.69, 9.17) is 8.84 Å². The highest BCUT2D eigenvalue weighted by Gasteiger charge is 2.16. The molecule has 0 N–H and O–H groups in total. The molecule has 1 heterocycles. The van der Waals surface area contributed by atoms with Crippen molar-refractivity contribution in [1.82, 2.24) is 0 Å². The van der Waals surface area contributed by atoms with Crippen molar-refractivity contribution in [3.8, 4) is 5.75 Å². The highest BCUT2D eigenvalue weighted by molar-refractivity contribution is 7.16. The van der Waals surface area contributed by atoms with Crippen molar-refractivity contribution in [2.45, 2.75) is 19.6 Å². The average Bonchev–Trinajstić information content (AvgIpc) is 2.40. The van der Waals surface area contributed by atoms with Crippen molar-refractivity contribution in [2.75, 3.05) is 0 Å². The molecule has 80 valence electrons. The summed E-state index contributed by atoms with van der Waals surface area (Å²) in [4.78, 5) is 10.7. The van der Waals surface area contributed by atoms with Crippen molar-refractivity contribution in [3.05, 3.63) is 27.9 Å². The van der Waals surface area contributed by atoms with Crippen LogP contribution >= 0.6 is 11.3 Å². The van der Waals surface area contributed by atoms with Crippen molar-refractivity contribution in [3.63, 3.8) is 0 Å². The van der Waals surface area contributed by atoms with E-state index in [0.29, 0.717) is 5.58 Å². The maximum absolute atomic E-state index is 11.0. The highest BCUT2D eigenvalue weighted by atomic mass is 32.1. The zero-order chi connectivity index (χ0) is 11.1. The van der Waals surface area contributed by atoms with E-state index in [1.54, 1.807) is 6.07 Å². The van der Waals surface area contributed by atoms with Crippen LogP contribution in [0.2, 0.25) is 19.6 Å². The topological polar surface area (TPSA) is 39.4 Å². The Labute approximate surface area is 92.4 Å². The maximum Gasteiger partial charge on any atom is 0.396 e. The third kappa shape index (κ3) is 2.48. The average molecular weight is 240 g/mol. The molecule has 0 aliphatic rings. The van der Waals surface area contributed by atoms with E-state index in [0.717, 1.165) is 21.8 Å². The van der Waals surface area contributed by atoms with Crippen LogP contribution in [-0.2, 0) is 0 Å². The fraction of sp³-hybridized carbons (Fsp3) is 0.300. The molecule has 0 fully saturated rings. The summed E-state index contributed by atoms with van der Waals surface area (Å²) in [6, 6.07) is 5.53. The molecule has 1 aromatic heterocycles. The predicted molar refractivity (Wildman–Crippen MR) is 64.3 cm³/mol. The molecule has 0 spiro atoms. The zero-order valence-electron chi connectivity index (χ0n) is 8.87. The molecule has 0 saturated heterocycles. The molecule has 0 aliphatic carbocycles. The first-order valence-corrected chi connectivity index (χ1v) is 8.89. The SMILES string of the molecule is C[Si](C)(C)Oc1ccc2sc(=O)oc2c1. The van der Waals surface area contributed by atoms with Gasteiger partial charge in [0.2, 0.25) is 8.32 Å². The lowest BCUT2D eigenvalue weighted by atomic mass is 10.3. The summed E-state index contributed by atoms with van der Waals surface area (Å²) in [6.07, 6.45) is 0. The van der Waals surface area contributed by atoms with Gasteiger partial charge in [0.05, 0.1) is 4.70 Å². The van der Waals surface area contributed by atoms with Gasteiger partial charge in [-0.3, -0.25) is 0 Å². The number of benzene rings is 1. The van der Waals surface area contributed by atoms with Gasteiger partial charge < -0.3 is 8.84 Å². The molecule has 3 nitrogen and oxygen atoms in total. The normalized spacial score (nSPS) is 11.9. The summed E-state index contributed by atoms with van der Waals surface area (Å²) >= 11 is 1.11. The Morgan fingerprint density at radius 1 is 1.33 bits per heavy atom. The van der Waals surface area contributed by atoms with Gasteiger partial charge in [-0.15, -0.1) is 0 Å². The Kier molecular flexibility index (Phi) is 2.44.